The molecule has 0 radical (unpaired) electrons. The van der Waals surface area contributed by atoms with Crippen LogP contribution in [0.3, 0.4) is 0 Å². The average molecular weight is 238 g/mol. The van der Waals surface area contributed by atoms with Crippen LogP contribution in [0.5, 0.6) is 0 Å². The van der Waals surface area contributed by atoms with Crippen molar-refractivity contribution in [3.05, 3.63) is 35.1 Å². The largest absolute Gasteiger partial charge is 0.330 e. The molecule has 16 heavy (non-hydrogen) atoms. The van der Waals surface area contributed by atoms with Gasteiger partial charge in [0.1, 0.15) is 5.82 Å². The molecule has 0 fully saturated rings. The molecule has 1 aromatic carbocycles. The smallest absolute Gasteiger partial charge is 0.124 e. The maximum atomic E-state index is 13.1. The molecular weight excluding hydrogens is 223 g/mol. The van der Waals surface area contributed by atoms with Crippen molar-refractivity contribution in [1.29, 1.82) is 5.26 Å². The van der Waals surface area contributed by atoms with E-state index < -0.39 is 0 Å². The van der Waals surface area contributed by atoms with Gasteiger partial charge in [-0.15, -0.1) is 0 Å². The number of hydrogen-bond donors (Lipinski definition) is 1. The first-order chi connectivity index (χ1) is 7.65. The lowest BCUT2D eigenvalue weighted by atomic mass is 10.1. The summed E-state index contributed by atoms with van der Waals surface area (Å²) in [6.07, 6.45) is 0. The van der Waals surface area contributed by atoms with Gasteiger partial charge in [0.25, 0.3) is 0 Å². The summed E-state index contributed by atoms with van der Waals surface area (Å²) in [5, 5.41) is 8.70. The van der Waals surface area contributed by atoms with E-state index in [2.05, 4.69) is 6.92 Å². The van der Waals surface area contributed by atoms with Crippen LogP contribution in [0, 0.1) is 23.1 Å². The lowest BCUT2D eigenvalue weighted by Gasteiger charge is -2.07. The Balaban J connectivity index is 2.54. The Morgan fingerprint density at radius 1 is 1.50 bits per heavy atom. The molecule has 0 aliphatic heterocycles. The van der Waals surface area contributed by atoms with Crippen LogP contribution < -0.4 is 5.73 Å². The molecule has 1 atom stereocenters. The van der Waals surface area contributed by atoms with Crippen molar-refractivity contribution >= 4 is 11.8 Å². The SMILES string of the molecule is CC(CN)CSCc1cc(F)cc(C#N)c1. The van der Waals surface area contributed by atoms with Crippen LogP contribution in [-0.2, 0) is 5.75 Å². The number of benzene rings is 1. The second-order valence-corrected chi connectivity index (χ2v) is 4.85. The highest BCUT2D eigenvalue weighted by molar-refractivity contribution is 7.98. The molecule has 0 bridgehead atoms. The lowest BCUT2D eigenvalue weighted by molar-refractivity contribution is 0.626. The first-order valence-electron chi connectivity index (χ1n) is 5.13. The number of nitrogens with zero attached hydrogens (tertiary/aromatic N) is 1. The summed E-state index contributed by atoms with van der Waals surface area (Å²) in [5.41, 5.74) is 6.73. The molecule has 0 aromatic heterocycles. The highest BCUT2D eigenvalue weighted by atomic mass is 32.2. The molecule has 2 N–H and O–H groups in total. The predicted octanol–water partition coefficient (Wildman–Crippen LogP) is 2.53. The summed E-state index contributed by atoms with van der Waals surface area (Å²) >= 11 is 1.71. The van der Waals surface area contributed by atoms with Gasteiger partial charge in [-0.25, -0.2) is 4.39 Å². The van der Waals surface area contributed by atoms with Crippen molar-refractivity contribution in [2.24, 2.45) is 11.7 Å². The molecule has 0 spiro atoms. The Morgan fingerprint density at radius 3 is 2.88 bits per heavy atom. The van der Waals surface area contributed by atoms with E-state index in [1.165, 1.54) is 12.1 Å². The highest BCUT2D eigenvalue weighted by Crippen LogP contribution is 2.17. The Morgan fingerprint density at radius 2 is 2.25 bits per heavy atom. The molecule has 0 amide bonds. The van der Waals surface area contributed by atoms with Crippen molar-refractivity contribution in [2.75, 3.05) is 12.3 Å². The molecule has 1 aromatic rings. The Kier molecular flexibility index (Phi) is 5.30. The van der Waals surface area contributed by atoms with Crippen molar-refractivity contribution in [3.8, 4) is 6.07 Å². The minimum Gasteiger partial charge on any atom is -0.330 e. The van der Waals surface area contributed by atoms with Gasteiger partial charge in [-0.05, 0) is 42.0 Å². The molecule has 0 heterocycles. The zero-order valence-corrected chi connectivity index (χ0v) is 10.1. The van der Waals surface area contributed by atoms with Crippen LogP contribution in [0.15, 0.2) is 18.2 Å². The van der Waals surface area contributed by atoms with Crippen LogP contribution in [0.2, 0.25) is 0 Å². The Labute approximate surface area is 99.6 Å². The fourth-order valence-electron chi connectivity index (χ4n) is 1.24. The van der Waals surface area contributed by atoms with E-state index in [9.17, 15) is 4.39 Å². The van der Waals surface area contributed by atoms with Gasteiger partial charge in [-0.2, -0.15) is 17.0 Å². The van der Waals surface area contributed by atoms with Crippen molar-refractivity contribution in [1.82, 2.24) is 0 Å². The summed E-state index contributed by atoms with van der Waals surface area (Å²) in [6.45, 7) is 2.75. The molecule has 0 saturated carbocycles. The molecule has 4 heteroatoms. The zero-order chi connectivity index (χ0) is 12.0. The summed E-state index contributed by atoms with van der Waals surface area (Å²) in [6, 6.07) is 6.39. The first kappa shape index (κ1) is 13.0. The second-order valence-electron chi connectivity index (χ2n) is 3.82. The third kappa shape index (κ3) is 4.21. The third-order valence-corrected chi connectivity index (χ3v) is 3.50. The summed E-state index contributed by atoms with van der Waals surface area (Å²) < 4.78 is 13.1. The van der Waals surface area contributed by atoms with E-state index in [-0.39, 0.29) is 5.82 Å². The van der Waals surface area contributed by atoms with Gasteiger partial charge in [0, 0.05) is 5.75 Å². The van der Waals surface area contributed by atoms with Gasteiger partial charge < -0.3 is 5.73 Å². The predicted molar refractivity (Wildman–Crippen MR) is 65.5 cm³/mol. The van der Waals surface area contributed by atoms with Crippen LogP contribution in [-0.4, -0.2) is 12.3 Å². The minimum atomic E-state index is -0.346. The third-order valence-electron chi connectivity index (χ3n) is 2.16. The van der Waals surface area contributed by atoms with Crippen LogP contribution in [0.1, 0.15) is 18.1 Å². The van der Waals surface area contributed by atoms with Gasteiger partial charge in [0.05, 0.1) is 11.6 Å². The minimum absolute atomic E-state index is 0.346. The van der Waals surface area contributed by atoms with Gasteiger partial charge in [0.15, 0.2) is 0 Å². The monoisotopic (exact) mass is 238 g/mol. The zero-order valence-electron chi connectivity index (χ0n) is 9.24. The van der Waals surface area contributed by atoms with Gasteiger partial charge in [-0.3, -0.25) is 0 Å². The molecule has 1 unspecified atom stereocenters. The summed E-state index contributed by atoms with van der Waals surface area (Å²) in [4.78, 5) is 0. The second kappa shape index (κ2) is 6.51. The summed E-state index contributed by atoms with van der Waals surface area (Å²) in [5.74, 6) is 1.79. The summed E-state index contributed by atoms with van der Waals surface area (Å²) in [7, 11) is 0. The lowest BCUT2D eigenvalue weighted by Crippen LogP contribution is -2.12. The molecule has 0 aliphatic rings. The molecule has 2 nitrogen and oxygen atoms in total. The van der Waals surface area contributed by atoms with Crippen LogP contribution >= 0.6 is 11.8 Å². The number of hydrogen-bond acceptors (Lipinski definition) is 3. The maximum absolute atomic E-state index is 13.1. The Hall–Kier alpha value is -1.05. The maximum Gasteiger partial charge on any atom is 0.124 e. The molecule has 86 valence electrons. The highest BCUT2D eigenvalue weighted by Gasteiger charge is 2.03. The van der Waals surface area contributed by atoms with Crippen molar-refractivity contribution in [2.45, 2.75) is 12.7 Å². The van der Waals surface area contributed by atoms with Crippen molar-refractivity contribution in [3.63, 3.8) is 0 Å². The fourth-order valence-corrected chi connectivity index (χ4v) is 2.30. The van der Waals surface area contributed by atoms with E-state index in [1.807, 2.05) is 6.07 Å². The quantitative estimate of drug-likeness (QED) is 0.857. The number of thioether (sulfide) groups is 1. The van der Waals surface area contributed by atoms with E-state index in [0.717, 1.165) is 17.1 Å². The normalized spacial score (nSPS) is 12.1. The number of halogens is 1. The number of nitriles is 1. The molecule has 0 aliphatic carbocycles. The van der Waals surface area contributed by atoms with E-state index >= 15 is 0 Å². The molecule has 0 saturated heterocycles. The number of nitrogens with two attached hydrogens (primary N) is 1. The molecular formula is C12H15FN2S. The van der Waals surface area contributed by atoms with E-state index in [1.54, 1.807) is 17.8 Å². The van der Waals surface area contributed by atoms with E-state index in [0.29, 0.717) is 18.0 Å². The molecule has 1 rings (SSSR count). The topological polar surface area (TPSA) is 49.8 Å². The van der Waals surface area contributed by atoms with Gasteiger partial charge in [0.2, 0.25) is 0 Å². The average Bonchev–Trinajstić information content (AvgIpc) is 2.28. The first-order valence-corrected chi connectivity index (χ1v) is 6.28. The van der Waals surface area contributed by atoms with Gasteiger partial charge in [-0.1, -0.05) is 6.92 Å². The fraction of sp³-hybridized carbons (Fsp3) is 0.417. The van der Waals surface area contributed by atoms with Gasteiger partial charge >= 0.3 is 0 Å². The van der Waals surface area contributed by atoms with Crippen LogP contribution in [0.4, 0.5) is 4.39 Å². The number of rotatable bonds is 5. The Bertz CT molecular complexity index is 387. The standard InChI is InChI=1S/C12H15FN2S/c1-9(5-14)7-16-8-11-2-10(6-15)3-12(13)4-11/h2-4,9H,5,7-8,14H2,1H3. The van der Waals surface area contributed by atoms with Crippen molar-refractivity contribution < 1.29 is 4.39 Å². The van der Waals surface area contributed by atoms with E-state index in [4.69, 9.17) is 11.0 Å². The van der Waals surface area contributed by atoms with Crippen LogP contribution in [0.25, 0.3) is 0 Å².